The van der Waals surface area contributed by atoms with Gasteiger partial charge in [0.1, 0.15) is 10.0 Å². The van der Waals surface area contributed by atoms with E-state index >= 15 is 0 Å². The monoisotopic (exact) mass is 296 g/mol. The first-order chi connectivity index (χ1) is 7.53. The summed E-state index contributed by atoms with van der Waals surface area (Å²) in [4.78, 5) is -0.535. The Hall–Kier alpha value is -0.760. The third-order valence-corrected chi connectivity index (χ3v) is 2.95. The lowest BCUT2D eigenvalue weighted by Gasteiger charge is -2.15. The van der Waals surface area contributed by atoms with Crippen LogP contribution in [0.1, 0.15) is 11.1 Å². The van der Waals surface area contributed by atoms with Crippen LogP contribution in [-0.2, 0) is 22.4 Å². The number of hydrogen-bond donors (Lipinski definition) is 0. The maximum Gasteiger partial charge on any atom is 0.417 e. The van der Waals surface area contributed by atoms with Crippen molar-refractivity contribution in [3.8, 4) is 0 Å². The van der Waals surface area contributed by atoms with Crippen molar-refractivity contribution in [1.29, 1.82) is 0 Å². The molecule has 0 aliphatic heterocycles. The Balaban J connectivity index is 3.49. The molecule has 1 rings (SSSR count). The van der Waals surface area contributed by atoms with Crippen molar-refractivity contribution < 1.29 is 30.6 Å². The highest BCUT2D eigenvalue weighted by Gasteiger charge is 2.43. The molecule has 0 heterocycles. The number of rotatable bonds is 1. The summed E-state index contributed by atoms with van der Waals surface area (Å²) in [6, 6.07) is 0.978. The smallest absolute Gasteiger partial charge is 0.237 e. The fourth-order valence-electron chi connectivity index (χ4n) is 1.10. The van der Waals surface area contributed by atoms with Gasteiger partial charge < -0.3 is 0 Å². The molecule has 17 heavy (non-hydrogen) atoms. The molecule has 0 aliphatic rings. The van der Waals surface area contributed by atoms with Gasteiger partial charge >= 0.3 is 12.4 Å². The fourth-order valence-corrected chi connectivity index (χ4v) is 1.78. The van der Waals surface area contributed by atoms with E-state index in [4.69, 9.17) is 10.7 Å². The third-order valence-electron chi connectivity index (χ3n) is 1.79. The first-order valence-electron chi connectivity index (χ1n) is 3.90. The molecule has 1 aromatic rings. The quantitative estimate of drug-likeness (QED) is 0.566. The highest BCUT2D eigenvalue weighted by molar-refractivity contribution is 8.08. The Bertz CT molecular complexity index is 452. The molecule has 1 aromatic carbocycles. The van der Waals surface area contributed by atoms with Gasteiger partial charge in [-0.3, -0.25) is 0 Å². The van der Waals surface area contributed by atoms with Crippen molar-refractivity contribution in [3.05, 3.63) is 29.3 Å². The molecular formula is C8H3ClF6OS. The van der Waals surface area contributed by atoms with Gasteiger partial charge in [0, 0.05) is 0 Å². The van der Waals surface area contributed by atoms with E-state index < -0.39 is 38.4 Å². The van der Waals surface area contributed by atoms with Gasteiger partial charge in [0.2, 0.25) is 0 Å². The van der Waals surface area contributed by atoms with Crippen LogP contribution in [0.3, 0.4) is 0 Å². The van der Waals surface area contributed by atoms with Gasteiger partial charge in [-0.1, -0.05) is 0 Å². The maximum atomic E-state index is 12.4. The van der Waals surface area contributed by atoms with Gasteiger partial charge in [-0.05, 0) is 28.9 Å². The summed E-state index contributed by atoms with van der Waals surface area (Å²) in [5, 5.41) is 0. The van der Waals surface area contributed by atoms with Gasteiger partial charge in [-0.2, -0.15) is 26.3 Å². The molecule has 9 heteroatoms. The average Bonchev–Trinajstić information content (AvgIpc) is 2.14. The Morgan fingerprint density at radius 2 is 1.41 bits per heavy atom. The van der Waals surface area contributed by atoms with Crippen LogP contribution < -0.4 is 0 Å². The zero-order valence-electron chi connectivity index (χ0n) is 7.69. The van der Waals surface area contributed by atoms with Crippen molar-refractivity contribution in [3.63, 3.8) is 0 Å². The van der Waals surface area contributed by atoms with Crippen molar-refractivity contribution >= 4 is 20.7 Å². The number of alkyl halides is 6. The minimum atomic E-state index is -5.20. The summed E-state index contributed by atoms with van der Waals surface area (Å²) in [5.41, 5.74) is -3.74. The Morgan fingerprint density at radius 3 is 1.76 bits per heavy atom. The van der Waals surface area contributed by atoms with Crippen LogP contribution in [0.2, 0.25) is 0 Å². The van der Waals surface area contributed by atoms with Gasteiger partial charge in [-0.25, -0.2) is 4.21 Å². The van der Waals surface area contributed by atoms with E-state index in [-0.39, 0.29) is 12.1 Å². The molecule has 1 unspecified atom stereocenters. The summed E-state index contributed by atoms with van der Waals surface area (Å²) in [6.07, 6.45) is -10.3. The molecule has 0 radical (unpaired) electrons. The molecule has 0 fully saturated rings. The van der Waals surface area contributed by atoms with E-state index in [9.17, 15) is 30.6 Å². The van der Waals surface area contributed by atoms with E-state index in [1.807, 2.05) is 0 Å². The van der Waals surface area contributed by atoms with E-state index in [1.165, 1.54) is 0 Å². The fraction of sp³-hybridized carbons (Fsp3) is 0.250. The topological polar surface area (TPSA) is 17.1 Å². The highest BCUT2D eigenvalue weighted by Crippen LogP contribution is 2.41. The highest BCUT2D eigenvalue weighted by atomic mass is 35.7. The Kier molecular flexibility index (Phi) is 3.78. The summed E-state index contributed by atoms with van der Waals surface area (Å²) in [6.45, 7) is 0. The second-order valence-electron chi connectivity index (χ2n) is 2.93. The van der Waals surface area contributed by atoms with Crippen LogP contribution in [0.4, 0.5) is 26.3 Å². The Morgan fingerprint density at radius 1 is 0.941 bits per heavy atom. The molecule has 0 amide bonds. The van der Waals surface area contributed by atoms with Crippen molar-refractivity contribution in [2.24, 2.45) is 0 Å². The molecule has 0 saturated carbocycles. The van der Waals surface area contributed by atoms with Gasteiger partial charge in [0.15, 0.2) is 0 Å². The lowest BCUT2D eigenvalue weighted by atomic mass is 10.1. The SMILES string of the molecule is O=S(Cl)c1ccc(C(F)(F)F)c(C(F)(F)F)c1. The molecule has 0 aliphatic carbocycles. The van der Waals surface area contributed by atoms with E-state index in [0.29, 0.717) is 6.07 Å². The molecule has 1 nitrogen and oxygen atoms in total. The summed E-state index contributed by atoms with van der Waals surface area (Å²) >= 11 is 0. The van der Waals surface area contributed by atoms with Crippen LogP contribution in [0.5, 0.6) is 0 Å². The van der Waals surface area contributed by atoms with Crippen LogP contribution in [0.15, 0.2) is 23.1 Å². The van der Waals surface area contributed by atoms with Gasteiger partial charge in [0.05, 0.1) is 16.0 Å². The molecule has 0 N–H and O–H groups in total. The van der Waals surface area contributed by atoms with Crippen molar-refractivity contribution in [1.82, 2.24) is 0 Å². The predicted molar refractivity (Wildman–Crippen MR) is 48.7 cm³/mol. The number of hydrogen-bond acceptors (Lipinski definition) is 1. The number of halogens is 7. The molecular weight excluding hydrogens is 294 g/mol. The first kappa shape index (κ1) is 14.3. The second-order valence-corrected chi connectivity index (χ2v) is 4.69. The molecule has 0 aromatic heterocycles. The summed E-state index contributed by atoms with van der Waals surface area (Å²) in [5.74, 6) is 0. The normalized spacial score (nSPS) is 14.8. The largest absolute Gasteiger partial charge is 0.417 e. The summed E-state index contributed by atoms with van der Waals surface area (Å²) < 4.78 is 84.8. The minimum absolute atomic E-state index is 0.131. The van der Waals surface area contributed by atoms with Gasteiger partial charge in [-0.15, -0.1) is 0 Å². The molecule has 0 saturated heterocycles. The molecule has 0 spiro atoms. The Labute approximate surface area is 98.3 Å². The average molecular weight is 297 g/mol. The second kappa shape index (κ2) is 4.49. The summed E-state index contributed by atoms with van der Waals surface area (Å²) in [7, 11) is 2.71. The zero-order chi connectivity index (χ0) is 13.4. The predicted octanol–water partition coefficient (Wildman–Crippen LogP) is 3.99. The van der Waals surface area contributed by atoms with Crippen molar-refractivity contribution in [2.45, 2.75) is 17.2 Å². The lowest BCUT2D eigenvalue weighted by molar-refractivity contribution is -0.162. The minimum Gasteiger partial charge on any atom is -0.237 e. The van der Waals surface area contributed by atoms with Crippen LogP contribution in [-0.4, -0.2) is 4.21 Å². The molecule has 0 bridgehead atoms. The van der Waals surface area contributed by atoms with Crippen LogP contribution >= 0.6 is 10.7 Å². The molecule has 96 valence electrons. The third kappa shape index (κ3) is 3.35. The van der Waals surface area contributed by atoms with Crippen molar-refractivity contribution in [2.75, 3.05) is 0 Å². The standard InChI is InChI=1S/C8H3ClF6OS/c9-17(16)4-1-2-5(7(10,11)12)6(3-4)8(13,14)15/h1-3H. The van der Waals surface area contributed by atoms with Gasteiger partial charge in [0.25, 0.3) is 0 Å². The van der Waals surface area contributed by atoms with E-state index in [0.717, 1.165) is 0 Å². The van der Waals surface area contributed by atoms with Crippen LogP contribution in [0, 0.1) is 0 Å². The molecule has 1 atom stereocenters. The maximum absolute atomic E-state index is 12.4. The lowest BCUT2D eigenvalue weighted by Crippen LogP contribution is -2.16. The number of benzene rings is 1. The first-order valence-corrected chi connectivity index (χ1v) is 5.87. The van der Waals surface area contributed by atoms with E-state index in [2.05, 4.69) is 0 Å². The van der Waals surface area contributed by atoms with E-state index in [1.54, 1.807) is 0 Å². The zero-order valence-corrected chi connectivity index (χ0v) is 9.27. The van der Waals surface area contributed by atoms with Crippen LogP contribution in [0.25, 0.3) is 0 Å².